The number of nitrogens with zero attached hydrogens (tertiary/aromatic N) is 1. The van der Waals surface area contributed by atoms with E-state index in [1.54, 1.807) is 24.3 Å². The van der Waals surface area contributed by atoms with Crippen LogP contribution in [0.25, 0.3) is 0 Å². The van der Waals surface area contributed by atoms with E-state index in [2.05, 4.69) is 0 Å². The van der Waals surface area contributed by atoms with Crippen molar-refractivity contribution in [2.45, 2.75) is 6.92 Å². The summed E-state index contributed by atoms with van der Waals surface area (Å²) in [6.45, 7) is 1.37. The molecule has 0 fully saturated rings. The summed E-state index contributed by atoms with van der Waals surface area (Å²) in [4.78, 5) is 11.1. The summed E-state index contributed by atoms with van der Waals surface area (Å²) < 4.78 is 19.1. The average molecular weight is 255 g/mol. The van der Waals surface area contributed by atoms with Crippen LogP contribution in [0.5, 0.6) is 11.5 Å². The van der Waals surface area contributed by atoms with Gasteiger partial charge in [0, 0.05) is 5.56 Å². The van der Waals surface area contributed by atoms with Gasteiger partial charge in [-0.25, -0.2) is 4.39 Å². The van der Waals surface area contributed by atoms with Crippen molar-refractivity contribution in [1.82, 2.24) is 0 Å². The van der Waals surface area contributed by atoms with E-state index in [4.69, 9.17) is 10.00 Å². The molecule has 0 atom stereocenters. The molecule has 0 amide bonds. The quantitative estimate of drug-likeness (QED) is 0.786. The fourth-order valence-corrected chi connectivity index (χ4v) is 1.53. The van der Waals surface area contributed by atoms with Crippen molar-refractivity contribution in [3.8, 4) is 17.6 Å². The van der Waals surface area contributed by atoms with Gasteiger partial charge in [0.2, 0.25) is 0 Å². The molecule has 2 aromatic carbocycles. The minimum absolute atomic E-state index is 0.0368. The number of nitriles is 1. The second-order valence-corrected chi connectivity index (χ2v) is 3.94. The number of carbonyl (C=O) groups is 1. The predicted octanol–water partition coefficient (Wildman–Crippen LogP) is 3.69. The SMILES string of the molecule is CC(=O)c1ccc(Oc2ccc(C#N)cc2)c(F)c1. The smallest absolute Gasteiger partial charge is 0.166 e. The third-order valence-electron chi connectivity index (χ3n) is 2.55. The van der Waals surface area contributed by atoms with Crippen LogP contribution in [0.1, 0.15) is 22.8 Å². The van der Waals surface area contributed by atoms with Gasteiger partial charge in [-0.15, -0.1) is 0 Å². The molecule has 94 valence electrons. The lowest BCUT2D eigenvalue weighted by molar-refractivity contribution is 0.101. The van der Waals surface area contributed by atoms with Gasteiger partial charge in [-0.2, -0.15) is 5.26 Å². The van der Waals surface area contributed by atoms with Crippen molar-refractivity contribution in [2.75, 3.05) is 0 Å². The Hall–Kier alpha value is -2.67. The fraction of sp³-hybridized carbons (Fsp3) is 0.0667. The predicted molar refractivity (Wildman–Crippen MR) is 67.6 cm³/mol. The zero-order chi connectivity index (χ0) is 13.8. The molecule has 2 aromatic rings. The number of carbonyl (C=O) groups excluding carboxylic acids is 1. The van der Waals surface area contributed by atoms with E-state index < -0.39 is 5.82 Å². The summed E-state index contributed by atoms with van der Waals surface area (Å²) in [6.07, 6.45) is 0. The summed E-state index contributed by atoms with van der Waals surface area (Å²) in [5.41, 5.74) is 0.796. The summed E-state index contributed by atoms with van der Waals surface area (Å²) in [6, 6.07) is 12.4. The van der Waals surface area contributed by atoms with Gasteiger partial charge in [0.05, 0.1) is 11.6 Å². The van der Waals surface area contributed by atoms with E-state index in [0.717, 1.165) is 6.07 Å². The average Bonchev–Trinajstić information content (AvgIpc) is 2.41. The van der Waals surface area contributed by atoms with Gasteiger partial charge in [-0.05, 0) is 49.4 Å². The Bertz CT molecular complexity index is 657. The van der Waals surface area contributed by atoms with Gasteiger partial charge in [0.15, 0.2) is 17.3 Å². The normalized spacial score (nSPS) is 9.74. The third kappa shape index (κ3) is 2.96. The second-order valence-electron chi connectivity index (χ2n) is 3.94. The maximum absolute atomic E-state index is 13.7. The molecule has 0 aromatic heterocycles. The van der Waals surface area contributed by atoms with Gasteiger partial charge in [0.1, 0.15) is 5.75 Å². The fourth-order valence-electron chi connectivity index (χ4n) is 1.53. The molecule has 0 aliphatic heterocycles. The van der Waals surface area contributed by atoms with Crippen molar-refractivity contribution in [3.63, 3.8) is 0 Å². The van der Waals surface area contributed by atoms with Crippen molar-refractivity contribution >= 4 is 5.78 Å². The largest absolute Gasteiger partial charge is 0.454 e. The first-order valence-electron chi connectivity index (χ1n) is 5.58. The van der Waals surface area contributed by atoms with Gasteiger partial charge in [0.25, 0.3) is 0 Å². The standard InChI is InChI=1S/C15H10FNO2/c1-10(18)12-4-7-15(14(16)8-12)19-13-5-2-11(9-17)3-6-13/h2-8H,1H3. The van der Waals surface area contributed by atoms with E-state index in [0.29, 0.717) is 16.9 Å². The van der Waals surface area contributed by atoms with Crippen LogP contribution in [-0.2, 0) is 0 Å². The van der Waals surface area contributed by atoms with E-state index >= 15 is 0 Å². The number of halogens is 1. The topological polar surface area (TPSA) is 50.1 Å². The molecule has 0 saturated carbocycles. The highest BCUT2D eigenvalue weighted by Crippen LogP contribution is 2.25. The molecule has 0 bridgehead atoms. The summed E-state index contributed by atoms with van der Waals surface area (Å²) in [5, 5.41) is 8.66. The van der Waals surface area contributed by atoms with Gasteiger partial charge in [-0.3, -0.25) is 4.79 Å². The zero-order valence-corrected chi connectivity index (χ0v) is 10.2. The molecule has 0 spiro atoms. The van der Waals surface area contributed by atoms with Crippen LogP contribution in [0.3, 0.4) is 0 Å². The first-order chi connectivity index (χ1) is 9.10. The first kappa shape index (κ1) is 12.8. The number of ether oxygens (including phenoxy) is 1. The van der Waals surface area contributed by atoms with Gasteiger partial charge < -0.3 is 4.74 Å². The monoisotopic (exact) mass is 255 g/mol. The van der Waals surface area contributed by atoms with E-state index in [-0.39, 0.29) is 11.5 Å². The number of ketones is 1. The van der Waals surface area contributed by atoms with E-state index in [9.17, 15) is 9.18 Å². The van der Waals surface area contributed by atoms with Crippen molar-refractivity contribution in [3.05, 3.63) is 59.4 Å². The number of benzene rings is 2. The molecule has 0 N–H and O–H groups in total. The summed E-state index contributed by atoms with van der Waals surface area (Å²) in [5.74, 6) is -0.343. The molecule has 0 heterocycles. The lowest BCUT2D eigenvalue weighted by Gasteiger charge is -2.07. The first-order valence-corrected chi connectivity index (χ1v) is 5.58. The van der Waals surface area contributed by atoms with E-state index in [1.165, 1.54) is 19.1 Å². The van der Waals surface area contributed by atoms with Crippen LogP contribution in [0.2, 0.25) is 0 Å². The minimum atomic E-state index is -0.600. The van der Waals surface area contributed by atoms with Crippen LogP contribution >= 0.6 is 0 Å². The number of rotatable bonds is 3. The summed E-state index contributed by atoms with van der Waals surface area (Å²) in [7, 11) is 0. The van der Waals surface area contributed by atoms with Gasteiger partial charge >= 0.3 is 0 Å². The highest BCUT2D eigenvalue weighted by molar-refractivity contribution is 5.94. The Kier molecular flexibility index (Phi) is 3.58. The lowest BCUT2D eigenvalue weighted by atomic mass is 10.1. The van der Waals surface area contributed by atoms with Crippen LogP contribution in [-0.4, -0.2) is 5.78 Å². The molecule has 0 aliphatic carbocycles. The molecule has 0 aliphatic rings. The minimum Gasteiger partial charge on any atom is -0.454 e. The Balaban J connectivity index is 2.23. The molecule has 0 saturated heterocycles. The Morgan fingerprint density at radius 1 is 1.21 bits per heavy atom. The van der Waals surface area contributed by atoms with Crippen LogP contribution in [0, 0.1) is 17.1 Å². The zero-order valence-electron chi connectivity index (χ0n) is 10.2. The number of hydrogen-bond donors (Lipinski definition) is 0. The van der Waals surface area contributed by atoms with E-state index in [1.807, 2.05) is 6.07 Å². The number of hydrogen-bond acceptors (Lipinski definition) is 3. The summed E-state index contributed by atoms with van der Waals surface area (Å²) >= 11 is 0. The van der Waals surface area contributed by atoms with Crippen LogP contribution < -0.4 is 4.74 Å². The van der Waals surface area contributed by atoms with Crippen molar-refractivity contribution in [2.24, 2.45) is 0 Å². The highest BCUT2D eigenvalue weighted by Gasteiger charge is 2.08. The molecular weight excluding hydrogens is 245 g/mol. The molecule has 4 heteroatoms. The van der Waals surface area contributed by atoms with Crippen LogP contribution in [0.4, 0.5) is 4.39 Å². The molecular formula is C15H10FNO2. The molecule has 19 heavy (non-hydrogen) atoms. The number of Topliss-reactive ketones (excluding diaryl/α,β-unsaturated/α-hetero) is 1. The molecule has 0 radical (unpaired) electrons. The highest BCUT2D eigenvalue weighted by atomic mass is 19.1. The molecule has 3 nitrogen and oxygen atoms in total. The second kappa shape index (κ2) is 5.32. The molecule has 2 rings (SSSR count). The lowest BCUT2D eigenvalue weighted by Crippen LogP contribution is -1.95. The van der Waals surface area contributed by atoms with Gasteiger partial charge in [-0.1, -0.05) is 0 Å². The third-order valence-corrected chi connectivity index (χ3v) is 2.55. The Morgan fingerprint density at radius 3 is 2.42 bits per heavy atom. The molecule has 0 unspecified atom stereocenters. The van der Waals surface area contributed by atoms with Crippen molar-refractivity contribution in [1.29, 1.82) is 5.26 Å². The Labute approximate surface area is 109 Å². The van der Waals surface area contributed by atoms with Crippen LogP contribution in [0.15, 0.2) is 42.5 Å². The maximum atomic E-state index is 13.7. The van der Waals surface area contributed by atoms with Crippen molar-refractivity contribution < 1.29 is 13.9 Å². The Morgan fingerprint density at radius 2 is 1.89 bits per heavy atom. The maximum Gasteiger partial charge on any atom is 0.166 e.